The molecule has 0 saturated carbocycles. The van der Waals surface area contributed by atoms with Crippen LogP contribution in [0.1, 0.15) is 41.8 Å². The third kappa shape index (κ3) is 3.05. The standard InChI is InChI=1S/C19H18F2N2O2/c1-9-7-12(11(3)22)18-13(8-9)16(24)10(2)17(25-18)14-5-4-6-15(23-14)19(20)21/h4-8,11,19H,22H2,1-3H3/t11-/m1/s1. The van der Waals surface area contributed by atoms with Gasteiger partial charge in [-0.25, -0.2) is 13.8 Å². The summed E-state index contributed by atoms with van der Waals surface area (Å²) < 4.78 is 31.8. The molecule has 0 aliphatic rings. The Morgan fingerprint density at radius 1 is 1.20 bits per heavy atom. The first-order chi connectivity index (χ1) is 11.8. The van der Waals surface area contributed by atoms with Gasteiger partial charge >= 0.3 is 0 Å². The zero-order chi connectivity index (χ0) is 18.3. The predicted octanol–water partition coefficient (Wildman–Crippen LogP) is 4.43. The first-order valence-electron chi connectivity index (χ1n) is 7.88. The molecule has 0 bridgehead atoms. The molecule has 0 aliphatic heterocycles. The normalized spacial score (nSPS) is 12.8. The molecule has 0 amide bonds. The molecule has 0 aliphatic carbocycles. The van der Waals surface area contributed by atoms with Crippen LogP contribution in [-0.2, 0) is 0 Å². The van der Waals surface area contributed by atoms with Crippen molar-refractivity contribution >= 4 is 11.0 Å². The number of aromatic nitrogens is 1. The van der Waals surface area contributed by atoms with Crippen LogP contribution >= 0.6 is 0 Å². The van der Waals surface area contributed by atoms with Gasteiger partial charge in [0.2, 0.25) is 0 Å². The van der Waals surface area contributed by atoms with Gasteiger partial charge in [-0.3, -0.25) is 4.79 Å². The van der Waals surface area contributed by atoms with Crippen molar-refractivity contribution in [2.45, 2.75) is 33.2 Å². The zero-order valence-electron chi connectivity index (χ0n) is 14.1. The van der Waals surface area contributed by atoms with Crippen molar-refractivity contribution in [1.29, 1.82) is 0 Å². The topological polar surface area (TPSA) is 69.1 Å². The molecule has 1 atom stereocenters. The predicted molar refractivity (Wildman–Crippen MR) is 92.7 cm³/mol. The Bertz CT molecular complexity index is 1010. The Morgan fingerprint density at radius 2 is 1.92 bits per heavy atom. The summed E-state index contributed by atoms with van der Waals surface area (Å²) in [5.74, 6) is 0.186. The molecule has 0 fully saturated rings. The highest BCUT2D eigenvalue weighted by Crippen LogP contribution is 2.30. The monoisotopic (exact) mass is 344 g/mol. The quantitative estimate of drug-likeness (QED) is 0.763. The molecule has 6 heteroatoms. The molecule has 3 aromatic rings. The Balaban J connectivity index is 2.36. The number of benzene rings is 1. The van der Waals surface area contributed by atoms with E-state index in [9.17, 15) is 13.6 Å². The van der Waals surface area contributed by atoms with E-state index in [0.29, 0.717) is 22.1 Å². The van der Waals surface area contributed by atoms with Crippen molar-refractivity contribution in [2.75, 3.05) is 0 Å². The minimum Gasteiger partial charge on any atom is -0.454 e. The number of aryl methyl sites for hydroxylation is 1. The molecule has 4 nitrogen and oxygen atoms in total. The molecular weight excluding hydrogens is 326 g/mol. The van der Waals surface area contributed by atoms with Gasteiger partial charge in [-0.05, 0) is 44.5 Å². The molecule has 2 N–H and O–H groups in total. The van der Waals surface area contributed by atoms with Gasteiger partial charge in [0.15, 0.2) is 11.2 Å². The van der Waals surface area contributed by atoms with Gasteiger partial charge in [0.25, 0.3) is 6.43 Å². The number of pyridine rings is 1. The van der Waals surface area contributed by atoms with E-state index in [1.807, 2.05) is 13.0 Å². The lowest BCUT2D eigenvalue weighted by Crippen LogP contribution is -2.12. The molecule has 0 unspecified atom stereocenters. The minimum atomic E-state index is -2.70. The average molecular weight is 344 g/mol. The van der Waals surface area contributed by atoms with Gasteiger partial charge in [0.05, 0.1) is 5.39 Å². The molecule has 3 rings (SSSR count). The van der Waals surface area contributed by atoms with Crippen molar-refractivity contribution in [1.82, 2.24) is 4.98 Å². The molecule has 130 valence electrons. The lowest BCUT2D eigenvalue weighted by Gasteiger charge is -2.13. The van der Waals surface area contributed by atoms with E-state index in [1.54, 1.807) is 26.0 Å². The summed E-state index contributed by atoms with van der Waals surface area (Å²) in [7, 11) is 0. The van der Waals surface area contributed by atoms with Crippen LogP contribution in [0, 0.1) is 13.8 Å². The molecule has 25 heavy (non-hydrogen) atoms. The van der Waals surface area contributed by atoms with Crippen LogP contribution in [0.25, 0.3) is 22.4 Å². The fraction of sp³-hybridized carbons (Fsp3) is 0.263. The Hall–Kier alpha value is -2.60. The van der Waals surface area contributed by atoms with E-state index in [0.717, 1.165) is 5.56 Å². The second kappa shape index (κ2) is 6.37. The lowest BCUT2D eigenvalue weighted by atomic mass is 10.00. The van der Waals surface area contributed by atoms with Crippen LogP contribution < -0.4 is 11.2 Å². The first-order valence-corrected chi connectivity index (χ1v) is 7.88. The number of fused-ring (bicyclic) bond motifs is 1. The van der Waals surface area contributed by atoms with E-state index < -0.39 is 6.43 Å². The van der Waals surface area contributed by atoms with Crippen molar-refractivity contribution in [3.63, 3.8) is 0 Å². The number of hydrogen-bond acceptors (Lipinski definition) is 4. The maximum atomic E-state index is 12.9. The lowest BCUT2D eigenvalue weighted by molar-refractivity contribution is 0.146. The molecule has 0 radical (unpaired) electrons. The van der Waals surface area contributed by atoms with E-state index in [-0.39, 0.29) is 28.6 Å². The molecule has 2 heterocycles. The highest BCUT2D eigenvalue weighted by Gasteiger charge is 2.19. The highest BCUT2D eigenvalue weighted by molar-refractivity contribution is 5.84. The largest absolute Gasteiger partial charge is 0.454 e. The Labute approximate surface area is 143 Å². The zero-order valence-corrected chi connectivity index (χ0v) is 14.1. The Morgan fingerprint density at radius 3 is 2.56 bits per heavy atom. The average Bonchev–Trinajstić information content (AvgIpc) is 2.57. The fourth-order valence-corrected chi connectivity index (χ4v) is 2.85. The number of halogens is 2. The van der Waals surface area contributed by atoms with Crippen LogP contribution in [0.3, 0.4) is 0 Å². The number of nitrogens with two attached hydrogens (primary N) is 1. The minimum absolute atomic E-state index is 0.186. The second-order valence-corrected chi connectivity index (χ2v) is 6.15. The summed E-state index contributed by atoms with van der Waals surface area (Å²) in [5.41, 5.74) is 7.92. The van der Waals surface area contributed by atoms with Gasteiger partial charge in [0, 0.05) is 17.2 Å². The Kier molecular flexibility index (Phi) is 4.39. The van der Waals surface area contributed by atoms with E-state index >= 15 is 0 Å². The van der Waals surface area contributed by atoms with E-state index in [2.05, 4.69) is 4.98 Å². The SMILES string of the molecule is Cc1cc([C@@H](C)N)c2oc(-c3cccc(C(F)F)n3)c(C)c(=O)c2c1. The van der Waals surface area contributed by atoms with Crippen LogP contribution in [-0.4, -0.2) is 4.98 Å². The van der Waals surface area contributed by atoms with Crippen molar-refractivity contribution in [2.24, 2.45) is 5.73 Å². The summed E-state index contributed by atoms with van der Waals surface area (Å²) in [6.45, 7) is 5.27. The maximum absolute atomic E-state index is 12.9. The van der Waals surface area contributed by atoms with E-state index in [1.165, 1.54) is 12.1 Å². The molecule has 2 aromatic heterocycles. The second-order valence-electron chi connectivity index (χ2n) is 6.15. The summed E-state index contributed by atoms with van der Waals surface area (Å²) in [5, 5.41) is 0.429. The van der Waals surface area contributed by atoms with Gasteiger partial charge < -0.3 is 10.2 Å². The van der Waals surface area contributed by atoms with Crippen molar-refractivity contribution < 1.29 is 13.2 Å². The van der Waals surface area contributed by atoms with Crippen LogP contribution in [0.15, 0.2) is 39.5 Å². The smallest absolute Gasteiger partial charge is 0.280 e. The maximum Gasteiger partial charge on any atom is 0.280 e. The summed E-state index contributed by atoms with van der Waals surface area (Å²) in [4.78, 5) is 16.7. The fourth-order valence-electron chi connectivity index (χ4n) is 2.85. The van der Waals surface area contributed by atoms with Crippen molar-refractivity contribution in [3.05, 3.63) is 62.9 Å². The number of alkyl halides is 2. The highest BCUT2D eigenvalue weighted by atomic mass is 19.3. The van der Waals surface area contributed by atoms with Gasteiger partial charge in [-0.1, -0.05) is 12.1 Å². The number of hydrogen-bond donors (Lipinski definition) is 1. The number of nitrogens with zero attached hydrogens (tertiary/aromatic N) is 1. The van der Waals surface area contributed by atoms with E-state index in [4.69, 9.17) is 10.2 Å². The first kappa shape index (κ1) is 17.2. The van der Waals surface area contributed by atoms with Crippen molar-refractivity contribution in [3.8, 4) is 11.5 Å². The van der Waals surface area contributed by atoms with Gasteiger partial charge in [-0.15, -0.1) is 0 Å². The summed E-state index contributed by atoms with van der Waals surface area (Å²) >= 11 is 0. The molecule has 0 spiro atoms. The molecule has 1 aromatic carbocycles. The number of rotatable bonds is 3. The molecule has 0 saturated heterocycles. The van der Waals surface area contributed by atoms with Gasteiger partial charge in [-0.2, -0.15) is 0 Å². The van der Waals surface area contributed by atoms with Crippen LogP contribution in [0.4, 0.5) is 8.78 Å². The third-order valence-corrected chi connectivity index (χ3v) is 4.11. The van der Waals surface area contributed by atoms with Crippen LogP contribution in [0.2, 0.25) is 0 Å². The summed E-state index contributed by atoms with van der Waals surface area (Å²) in [6.07, 6.45) is -2.70. The summed E-state index contributed by atoms with van der Waals surface area (Å²) in [6, 6.07) is 7.50. The molecular formula is C19H18F2N2O2. The van der Waals surface area contributed by atoms with Crippen LogP contribution in [0.5, 0.6) is 0 Å². The van der Waals surface area contributed by atoms with Gasteiger partial charge in [0.1, 0.15) is 17.0 Å². The third-order valence-electron chi connectivity index (χ3n) is 4.11.